The maximum absolute atomic E-state index is 12.0. The van der Waals surface area contributed by atoms with Gasteiger partial charge in [0.25, 0.3) is 0 Å². The van der Waals surface area contributed by atoms with E-state index in [0.717, 1.165) is 38.1 Å². The van der Waals surface area contributed by atoms with Crippen LogP contribution < -0.4 is 4.74 Å². The molecule has 0 unspecified atom stereocenters. The summed E-state index contributed by atoms with van der Waals surface area (Å²) >= 11 is 0. The molecule has 1 rings (SSSR count). The van der Waals surface area contributed by atoms with Gasteiger partial charge in [-0.15, -0.1) is 0 Å². The molecule has 0 N–H and O–H groups in total. The Morgan fingerprint density at radius 1 is 1.11 bits per heavy atom. The number of carbonyl (C=O) groups is 1. The Morgan fingerprint density at radius 3 is 2.32 bits per heavy atom. The van der Waals surface area contributed by atoms with Crippen LogP contribution in [0.4, 0.5) is 0 Å². The maximum Gasteiger partial charge on any atom is 0.222 e. The first-order valence-corrected chi connectivity index (χ1v) is 7.23. The van der Waals surface area contributed by atoms with Gasteiger partial charge in [0.1, 0.15) is 5.75 Å². The van der Waals surface area contributed by atoms with Gasteiger partial charge in [0.05, 0.1) is 6.61 Å². The van der Waals surface area contributed by atoms with E-state index in [0.29, 0.717) is 13.0 Å². The minimum absolute atomic E-state index is 0.250. The highest BCUT2D eigenvalue weighted by molar-refractivity contribution is 5.76. The molecule has 0 aliphatic heterocycles. The third-order valence-corrected chi connectivity index (χ3v) is 2.89. The molecule has 0 aliphatic rings. The van der Waals surface area contributed by atoms with E-state index in [9.17, 15) is 4.79 Å². The van der Waals surface area contributed by atoms with Gasteiger partial charge < -0.3 is 9.64 Å². The quantitative estimate of drug-likeness (QED) is 0.638. The lowest BCUT2D eigenvalue weighted by molar-refractivity contribution is -0.131. The fraction of sp³-hybridized carbons (Fsp3) is 0.562. The Labute approximate surface area is 116 Å². The van der Waals surface area contributed by atoms with Crippen LogP contribution in [-0.4, -0.2) is 30.5 Å². The highest BCUT2D eigenvalue weighted by Gasteiger charge is 2.10. The topological polar surface area (TPSA) is 29.5 Å². The highest BCUT2D eigenvalue weighted by atomic mass is 16.5. The Kier molecular flexibility index (Phi) is 7.71. The molecule has 1 aromatic carbocycles. The first kappa shape index (κ1) is 15.5. The maximum atomic E-state index is 12.0. The molecule has 0 spiro atoms. The predicted octanol–water partition coefficient (Wildman–Crippen LogP) is 3.49. The van der Waals surface area contributed by atoms with Crippen LogP contribution in [0.1, 0.15) is 39.5 Å². The van der Waals surface area contributed by atoms with E-state index in [1.54, 1.807) is 0 Å². The number of benzene rings is 1. The van der Waals surface area contributed by atoms with Crippen LogP contribution in [0.15, 0.2) is 30.3 Å². The SMILES string of the molecule is CCCN(CCC)C(=O)CCCOc1ccccc1. The van der Waals surface area contributed by atoms with E-state index in [1.165, 1.54) is 0 Å². The van der Waals surface area contributed by atoms with Gasteiger partial charge in [-0.2, -0.15) is 0 Å². The molecule has 1 amide bonds. The average molecular weight is 263 g/mol. The smallest absolute Gasteiger partial charge is 0.222 e. The van der Waals surface area contributed by atoms with Crippen molar-refractivity contribution in [1.82, 2.24) is 4.90 Å². The number of para-hydroxylation sites is 1. The summed E-state index contributed by atoms with van der Waals surface area (Å²) in [5, 5.41) is 0. The fourth-order valence-corrected chi connectivity index (χ4v) is 1.99. The van der Waals surface area contributed by atoms with Gasteiger partial charge in [-0.3, -0.25) is 4.79 Å². The normalized spacial score (nSPS) is 10.2. The molecule has 0 radical (unpaired) electrons. The molecule has 0 saturated heterocycles. The van der Waals surface area contributed by atoms with Crippen molar-refractivity contribution < 1.29 is 9.53 Å². The van der Waals surface area contributed by atoms with Gasteiger partial charge in [0.2, 0.25) is 5.91 Å². The summed E-state index contributed by atoms with van der Waals surface area (Å²) in [4.78, 5) is 14.0. The minimum Gasteiger partial charge on any atom is -0.494 e. The third kappa shape index (κ3) is 6.27. The van der Waals surface area contributed by atoms with Crippen molar-refractivity contribution in [3.63, 3.8) is 0 Å². The van der Waals surface area contributed by atoms with Crippen molar-refractivity contribution in [3.8, 4) is 5.75 Å². The van der Waals surface area contributed by atoms with E-state index >= 15 is 0 Å². The molecule has 19 heavy (non-hydrogen) atoms. The molecule has 0 bridgehead atoms. The number of carbonyl (C=O) groups excluding carboxylic acids is 1. The second-order valence-corrected chi connectivity index (χ2v) is 4.65. The number of hydrogen-bond acceptors (Lipinski definition) is 2. The molecular weight excluding hydrogens is 238 g/mol. The summed E-state index contributed by atoms with van der Waals surface area (Å²) in [5.41, 5.74) is 0. The first-order chi connectivity index (χ1) is 9.27. The zero-order valence-electron chi connectivity index (χ0n) is 12.1. The molecular formula is C16H25NO2. The number of ether oxygens (including phenoxy) is 1. The summed E-state index contributed by atoms with van der Waals surface area (Å²) in [7, 11) is 0. The molecule has 1 aromatic rings. The van der Waals surface area contributed by atoms with Crippen molar-refractivity contribution in [1.29, 1.82) is 0 Å². The fourth-order valence-electron chi connectivity index (χ4n) is 1.99. The summed E-state index contributed by atoms with van der Waals surface area (Å²) in [6.45, 7) is 6.54. The second kappa shape index (κ2) is 9.42. The Hall–Kier alpha value is -1.51. The van der Waals surface area contributed by atoms with Gasteiger partial charge in [0, 0.05) is 19.5 Å². The van der Waals surface area contributed by atoms with Crippen molar-refractivity contribution in [2.24, 2.45) is 0 Å². The van der Waals surface area contributed by atoms with Crippen LogP contribution >= 0.6 is 0 Å². The molecule has 0 atom stereocenters. The summed E-state index contributed by atoms with van der Waals surface area (Å²) in [6.07, 6.45) is 3.39. The predicted molar refractivity (Wildman–Crippen MR) is 78.3 cm³/mol. The van der Waals surface area contributed by atoms with E-state index < -0.39 is 0 Å². The lowest BCUT2D eigenvalue weighted by Gasteiger charge is -2.21. The average Bonchev–Trinajstić information content (AvgIpc) is 2.44. The van der Waals surface area contributed by atoms with Gasteiger partial charge in [-0.25, -0.2) is 0 Å². The van der Waals surface area contributed by atoms with Crippen LogP contribution in [-0.2, 0) is 4.79 Å². The van der Waals surface area contributed by atoms with Crippen LogP contribution in [0.25, 0.3) is 0 Å². The van der Waals surface area contributed by atoms with Gasteiger partial charge in [0.15, 0.2) is 0 Å². The minimum atomic E-state index is 0.250. The molecule has 0 fully saturated rings. The van der Waals surface area contributed by atoms with Crippen molar-refractivity contribution in [3.05, 3.63) is 30.3 Å². The zero-order valence-corrected chi connectivity index (χ0v) is 12.1. The van der Waals surface area contributed by atoms with Crippen LogP contribution in [0.3, 0.4) is 0 Å². The first-order valence-electron chi connectivity index (χ1n) is 7.23. The van der Waals surface area contributed by atoms with Crippen molar-refractivity contribution in [2.45, 2.75) is 39.5 Å². The largest absolute Gasteiger partial charge is 0.494 e. The molecule has 0 saturated carbocycles. The van der Waals surface area contributed by atoms with Gasteiger partial charge in [-0.1, -0.05) is 32.0 Å². The molecule has 0 heterocycles. The summed E-state index contributed by atoms with van der Waals surface area (Å²) < 4.78 is 5.59. The number of amides is 1. The highest BCUT2D eigenvalue weighted by Crippen LogP contribution is 2.09. The monoisotopic (exact) mass is 263 g/mol. The Balaban J connectivity index is 2.22. The Morgan fingerprint density at radius 2 is 1.74 bits per heavy atom. The lowest BCUT2D eigenvalue weighted by atomic mass is 10.2. The standard InChI is InChI=1S/C16H25NO2/c1-3-12-17(13-4-2)16(18)11-8-14-19-15-9-6-5-7-10-15/h5-7,9-10H,3-4,8,11-14H2,1-2H3. The van der Waals surface area contributed by atoms with E-state index in [4.69, 9.17) is 4.74 Å². The molecule has 3 heteroatoms. The third-order valence-electron chi connectivity index (χ3n) is 2.89. The second-order valence-electron chi connectivity index (χ2n) is 4.65. The lowest BCUT2D eigenvalue weighted by Crippen LogP contribution is -2.32. The zero-order chi connectivity index (χ0) is 13.9. The number of hydrogen-bond donors (Lipinski definition) is 0. The van der Waals surface area contributed by atoms with Crippen LogP contribution in [0, 0.1) is 0 Å². The molecule has 0 aliphatic carbocycles. The summed E-state index contributed by atoms with van der Waals surface area (Å²) in [6, 6.07) is 9.73. The van der Waals surface area contributed by atoms with Crippen molar-refractivity contribution in [2.75, 3.05) is 19.7 Å². The number of nitrogens with zero attached hydrogens (tertiary/aromatic N) is 1. The van der Waals surface area contributed by atoms with Gasteiger partial charge >= 0.3 is 0 Å². The number of rotatable bonds is 9. The van der Waals surface area contributed by atoms with Crippen LogP contribution in [0.2, 0.25) is 0 Å². The van der Waals surface area contributed by atoms with Crippen molar-refractivity contribution >= 4 is 5.91 Å². The molecule has 106 valence electrons. The van der Waals surface area contributed by atoms with E-state index in [1.807, 2.05) is 35.2 Å². The van der Waals surface area contributed by atoms with E-state index in [-0.39, 0.29) is 5.91 Å². The van der Waals surface area contributed by atoms with Gasteiger partial charge in [-0.05, 0) is 31.4 Å². The molecule has 3 nitrogen and oxygen atoms in total. The molecule has 0 aromatic heterocycles. The van der Waals surface area contributed by atoms with E-state index in [2.05, 4.69) is 13.8 Å². The Bertz CT molecular complexity index is 345. The van der Waals surface area contributed by atoms with Crippen LogP contribution in [0.5, 0.6) is 5.75 Å². The summed E-state index contributed by atoms with van der Waals surface area (Å²) in [5.74, 6) is 1.12.